The summed E-state index contributed by atoms with van der Waals surface area (Å²) in [6.07, 6.45) is 8.75. The largest absolute Gasteiger partial charge is 0.309 e. The molecule has 0 unspecified atom stereocenters. The van der Waals surface area contributed by atoms with Crippen LogP contribution in [0.25, 0.3) is 117 Å². The number of fused-ring (bicyclic) bond motifs is 6. The molecule has 5 heteroatoms. The Morgan fingerprint density at radius 1 is 0.343 bits per heavy atom. The summed E-state index contributed by atoms with van der Waals surface area (Å²) < 4.78 is 4.70. The van der Waals surface area contributed by atoms with Crippen molar-refractivity contribution in [2.75, 3.05) is 0 Å². The molecule has 0 saturated heterocycles. The Bertz CT molecular complexity index is 3820. The summed E-state index contributed by atoms with van der Waals surface area (Å²) in [5.74, 6) is 1.54. The molecular formula is C65H49N5. The Hall–Kier alpha value is -8.93. The average molecular weight is 900 g/mol. The van der Waals surface area contributed by atoms with Crippen molar-refractivity contribution in [3.8, 4) is 67.7 Å². The highest BCUT2D eigenvalue weighted by Crippen LogP contribution is 2.40. The second-order valence-electron chi connectivity index (χ2n) is 17.5. The maximum Gasteiger partial charge on any atom is 0.160 e. The Morgan fingerprint density at radius 3 is 1.46 bits per heavy atom. The van der Waals surface area contributed by atoms with Gasteiger partial charge in [0.2, 0.25) is 0 Å². The minimum absolute atomic E-state index is 0.691. The molecule has 0 radical (unpaired) electrons. The minimum Gasteiger partial charge on any atom is -0.309 e. The first-order chi connectivity index (χ1) is 34.7. The fraction of sp³-hybridized carbons (Fsp3) is 0.0615. The number of para-hydroxylation sites is 2. The van der Waals surface area contributed by atoms with Gasteiger partial charge in [0.25, 0.3) is 0 Å². The van der Waals surface area contributed by atoms with E-state index in [1.807, 2.05) is 19.9 Å². The summed E-state index contributed by atoms with van der Waals surface area (Å²) in [6.45, 7) is 4.00. The maximum absolute atomic E-state index is 5.44. The van der Waals surface area contributed by atoms with Crippen LogP contribution >= 0.6 is 0 Å². The molecule has 4 aromatic heterocycles. The van der Waals surface area contributed by atoms with Crippen LogP contribution in [0.5, 0.6) is 0 Å². The maximum atomic E-state index is 5.44. The minimum atomic E-state index is 0.691. The normalized spacial score (nSPS) is 12.3. The van der Waals surface area contributed by atoms with E-state index in [0.717, 1.165) is 108 Å². The van der Waals surface area contributed by atoms with Crippen molar-refractivity contribution < 1.29 is 0 Å². The number of rotatable bonds is 8. The monoisotopic (exact) mass is 899 g/mol. The summed E-state index contributed by atoms with van der Waals surface area (Å²) in [6, 6.07) is 77.9. The van der Waals surface area contributed by atoms with E-state index in [4.69, 9.17) is 15.0 Å². The lowest BCUT2D eigenvalue weighted by atomic mass is 10.0. The van der Waals surface area contributed by atoms with Crippen LogP contribution in [0.3, 0.4) is 0 Å². The van der Waals surface area contributed by atoms with Gasteiger partial charge in [0.1, 0.15) is 5.82 Å². The van der Waals surface area contributed by atoms with Crippen LogP contribution < -0.4 is 0 Å². The molecule has 0 fully saturated rings. The second-order valence-corrected chi connectivity index (χ2v) is 17.5. The van der Waals surface area contributed by atoms with E-state index in [-0.39, 0.29) is 0 Å². The van der Waals surface area contributed by atoms with E-state index < -0.39 is 0 Å². The Balaban J connectivity index is 0.00000249. The fourth-order valence-electron chi connectivity index (χ4n) is 10.1. The van der Waals surface area contributed by atoms with Gasteiger partial charge >= 0.3 is 0 Å². The van der Waals surface area contributed by atoms with E-state index in [0.29, 0.717) is 5.82 Å². The van der Waals surface area contributed by atoms with Crippen LogP contribution in [0.4, 0.5) is 0 Å². The molecule has 1 aliphatic rings. The number of hydrogen-bond acceptors (Lipinski definition) is 3. The molecule has 334 valence electrons. The van der Waals surface area contributed by atoms with Crippen molar-refractivity contribution in [3.05, 3.63) is 242 Å². The highest BCUT2D eigenvalue weighted by atomic mass is 15.1. The van der Waals surface area contributed by atoms with Crippen LogP contribution in [0, 0.1) is 0 Å². The summed E-state index contributed by atoms with van der Waals surface area (Å²) in [5, 5.41) is 4.73. The van der Waals surface area contributed by atoms with Gasteiger partial charge in [-0.15, -0.1) is 0 Å². The first kappa shape index (κ1) is 42.4. The first-order valence-electron chi connectivity index (χ1n) is 24.3. The number of pyridine rings is 1. The third-order valence-electron chi connectivity index (χ3n) is 13.4. The molecule has 0 spiro atoms. The molecule has 0 saturated carbocycles. The molecule has 70 heavy (non-hydrogen) atoms. The number of nitrogens with zero attached hydrogens (tertiary/aromatic N) is 5. The van der Waals surface area contributed by atoms with E-state index in [1.165, 1.54) is 21.8 Å². The van der Waals surface area contributed by atoms with Gasteiger partial charge in [0.15, 0.2) is 5.82 Å². The van der Waals surface area contributed by atoms with Crippen molar-refractivity contribution in [3.63, 3.8) is 0 Å². The van der Waals surface area contributed by atoms with Crippen LogP contribution in [0.15, 0.2) is 237 Å². The fourth-order valence-corrected chi connectivity index (χ4v) is 10.1. The number of benzene rings is 8. The summed E-state index contributed by atoms with van der Waals surface area (Å²) in [4.78, 5) is 16.0. The molecular weight excluding hydrogens is 851 g/mol. The zero-order valence-electron chi connectivity index (χ0n) is 39.2. The smallest absolute Gasteiger partial charge is 0.160 e. The molecule has 8 aromatic carbocycles. The highest BCUT2D eigenvalue weighted by Gasteiger charge is 2.20. The third-order valence-corrected chi connectivity index (χ3v) is 13.4. The first-order valence-corrected chi connectivity index (χ1v) is 24.3. The van der Waals surface area contributed by atoms with Gasteiger partial charge in [-0.05, 0) is 113 Å². The van der Waals surface area contributed by atoms with Crippen molar-refractivity contribution in [1.29, 1.82) is 0 Å². The van der Waals surface area contributed by atoms with Gasteiger partial charge in [0, 0.05) is 43.9 Å². The predicted molar refractivity (Wildman–Crippen MR) is 293 cm³/mol. The van der Waals surface area contributed by atoms with Gasteiger partial charge in [-0.25, -0.2) is 15.0 Å². The van der Waals surface area contributed by atoms with Crippen LogP contribution in [0.1, 0.15) is 32.4 Å². The zero-order valence-corrected chi connectivity index (χ0v) is 39.2. The molecule has 4 heterocycles. The predicted octanol–water partition coefficient (Wildman–Crippen LogP) is 17.2. The Kier molecular flexibility index (Phi) is 11.1. The molecule has 0 N–H and O–H groups in total. The Morgan fingerprint density at radius 2 is 0.843 bits per heavy atom. The summed E-state index contributed by atoms with van der Waals surface area (Å²) in [5.41, 5.74) is 17.1. The molecule has 5 nitrogen and oxygen atoms in total. The van der Waals surface area contributed by atoms with Crippen molar-refractivity contribution in [2.24, 2.45) is 0 Å². The van der Waals surface area contributed by atoms with Crippen molar-refractivity contribution in [2.45, 2.75) is 26.7 Å². The van der Waals surface area contributed by atoms with E-state index in [2.05, 4.69) is 240 Å². The van der Waals surface area contributed by atoms with Crippen LogP contribution in [-0.4, -0.2) is 24.1 Å². The number of allylic oxidation sites excluding steroid dienone is 4. The molecule has 13 rings (SSSR count). The number of hydrogen-bond donors (Lipinski definition) is 0. The molecule has 1 aliphatic carbocycles. The molecule has 0 bridgehead atoms. The topological polar surface area (TPSA) is 48.5 Å². The van der Waals surface area contributed by atoms with E-state index in [9.17, 15) is 0 Å². The summed E-state index contributed by atoms with van der Waals surface area (Å²) in [7, 11) is 0. The summed E-state index contributed by atoms with van der Waals surface area (Å²) >= 11 is 0. The second kappa shape index (κ2) is 18.3. The van der Waals surface area contributed by atoms with E-state index in [1.54, 1.807) is 0 Å². The van der Waals surface area contributed by atoms with Gasteiger partial charge in [-0.1, -0.05) is 178 Å². The van der Waals surface area contributed by atoms with Gasteiger partial charge < -0.3 is 4.57 Å². The highest BCUT2D eigenvalue weighted by molar-refractivity contribution is 6.12. The lowest BCUT2D eigenvalue weighted by molar-refractivity contribution is 1.03. The van der Waals surface area contributed by atoms with E-state index >= 15 is 0 Å². The molecule has 0 amide bonds. The average Bonchev–Trinajstić information content (AvgIpc) is 3.96. The third kappa shape index (κ3) is 7.68. The zero-order chi connectivity index (χ0) is 47.0. The molecule has 0 atom stereocenters. The molecule has 12 aromatic rings. The van der Waals surface area contributed by atoms with Crippen LogP contribution in [0.2, 0.25) is 0 Å². The van der Waals surface area contributed by atoms with Gasteiger partial charge in [-0.3, -0.25) is 4.57 Å². The van der Waals surface area contributed by atoms with Gasteiger partial charge in [-0.2, -0.15) is 0 Å². The molecule has 0 aliphatic heterocycles. The number of aromatic nitrogens is 5. The Labute approximate surface area is 408 Å². The standard InChI is InChI=1S/C63H43N5.C2H6/c1-5-17-42(18-6-1)49-39-55(44-19-7-2-8-20-44)64-62(40-49)68-60-35-31-47(43-29-33-50(34-30-43)67-58-27-15-13-25-51(58)52-26-14-16-28-59(52)67)37-53(60)54-38-48(32-36-61(54)68)63-65-56(45-21-9-3-10-22-45)41-57(66-63)46-23-11-4-12-24-46;1-2/h1-3,5-11,13-41H,4,12H2;1-2H3. The van der Waals surface area contributed by atoms with Crippen molar-refractivity contribution >= 4 is 49.2 Å². The SMILES string of the molecule is C1=CC(c2cc(-c3ccccc3)nc(-c3ccc4c(c3)c3cc(-c5ccc(-n6c7ccccc7c7ccccc76)cc5)ccc3n4-c3cc(-c4ccccc4)cc(-c4ccccc4)n3)n2)=CCC1.CC. The van der Waals surface area contributed by atoms with Crippen molar-refractivity contribution in [1.82, 2.24) is 24.1 Å². The van der Waals surface area contributed by atoms with Crippen LogP contribution in [-0.2, 0) is 0 Å². The lowest BCUT2D eigenvalue weighted by Gasteiger charge is -2.13. The quantitative estimate of drug-likeness (QED) is 0.153. The lowest BCUT2D eigenvalue weighted by Crippen LogP contribution is -2.00. The van der Waals surface area contributed by atoms with Gasteiger partial charge in [0.05, 0.1) is 39.1 Å².